The molecule has 31 heavy (non-hydrogen) atoms. The van der Waals surface area contributed by atoms with E-state index in [1.807, 2.05) is 67.6 Å². The number of aromatic nitrogens is 1. The molecule has 0 saturated carbocycles. The van der Waals surface area contributed by atoms with Crippen molar-refractivity contribution in [3.8, 4) is 11.3 Å². The molecule has 1 N–H and O–H groups in total. The molecule has 6 nitrogen and oxygen atoms in total. The molecule has 5 rings (SSSR count). The van der Waals surface area contributed by atoms with E-state index in [-0.39, 0.29) is 5.91 Å². The Hall–Kier alpha value is -3.64. The highest BCUT2D eigenvalue weighted by Gasteiger charge is 2.15. The van der Waals surface area contributed by atoms with Crippen LogP contribution in [0, 0.1) is 6.92 Å². The molecule has 0 atom stereocenters. The van der Waals surface area contributed by atoms with Crippen molar-refractivity contribution >= 4 is 28.2 Å². The van der Waals surface area contributed by atoms with E-state index in [1.54, 1.807) is 6.07 Å². The van der Waals surface area contributed by atoms with E-state index in [0.29, 0.717) is 11.3 Å². The van der Waals surface area contributed by atoms with Crippen LogP contribution >= 0.6 is 0 Å². The van der Waals surface area contributed by atoms with Gasteiger partial charge in [0.15, 0.2) is 5.76 Å². The van der Waals surface area contributed by atoms with Crippen LogP contribution in [0.25, 0.3) is 22.2 Å². The monoisotopic (exact) mass is 413 g/mol. The van der Waals surface area contributed by atoms with Crippen LogP contribution in [0.5, 0.6) is 0 Å². The smallest absolute Gasteiger partial charge is 0.255 e. The zero-order valence-corrected chi connectivity index (χ0v) is 17.3. The summed E-state index contributed by atoms with van der Waals surface area (Å²) in [6.07, 6.45) is 0. The maximum atomic E-state index is 12.9. The lowest BCUT2D eigenvalue weighted by Crippen LogP contribution is -2.36. The minimum Gasteiger partial charge on any atom is -0.378 e. The topological polar surface area (TPSA) is 67.6 Å². The zero-order chi connectivity index (χ0) is 21.2. The highest BCUT2D eigenvalue weighted by Crippen LogP contribution is 2.30. The van der Waals surface area contributed by atoms with Crippen LogP contribution in [-0.2, 0) is 4.74 Å². The number of fused-ring (bicyclic) bond motifs is 1. The molecule has 1 saturated heterocycles. The Labute approximate surface area is 180 Å². The molecule has 1 aliphatic rings. The van der Waals surface area contributed by atoms with Gasteiger partial charge in [-0.05, 0) is 49.4 Å². The number of hydrogen-bond acceptors (Lipinski definition) is 5. The molecule has 2 heterocycles. The summed E-state index contributed by atoms with van der Waals surface area (Å²) in [5, 5.41) is 7.93. The predicted molar refractivity (Wildman–Crippen MR) is 122 cm³/mol. The second-order valence-electron chi connectivity index (χ2n) is 7.71. The van der Waals surface area contributed by atoms with Crippen molar-refractivity contribution in [2.45, 2.75) is 6.92 Å². The molecule has 3 aromatic carbocycles. The summed E-state index contributed by atoms with van der Waals surface area (Å²) in [5.74, 6) is 0.497. The SMILES string of the molecule is Cc1ccc(-c2onc3ccc(C(=O)Nc4ccc(N5CCOCC5)cc4)cc23)cc1. The second-order valence-corrected chi connectivity index (χ2v) is 7.71. The second kappa shape index (κ2) is 8.24. The predicted octanol–water partition coefficient (Wildman–Crippen LogP) is 4.89. The Morgan fingerprint density at radius 2 is 1.71 bits per heavy atom. The summed E-state index contributed by atoms with van der Waals surface area (Å²) in [7, 11) is 0. The Balaban J connectivity index is 1.36. The third-order valence-corrected chi connectivity index (χ3v) is 5.55. The lowest BCUT2D eigenvalue weighted by molar-refractivity contribution is 0.102. The summed E-state index contributed by atoms with van der Waals surface area (Å²) in [6.45, 7) is 5.29. The molecule has 0 spiro atoms. The van der Waals surface area contributed by atoms with Crippen LogP contribution in [0.1, 0.15) is 15.9 Å². The number of ether oxygens (including phenoxy) is 1. The number of amides is 1. The van der Waals surface area contributed by atoms with Crippen LogP contribution in [0.3, 0.4) is 0 Å². The largest absolute Gasteiger partial charge is 0.378 e. The van der Waals surface area contributed by atoms with Gasteiger partial charge in [0.1, 0.15) is 5.52 Å². The lowest BCUT2D eigenvalue weighted by Gasteiger charge is -2.28. The van der Waals surface area contributed by atoms with Gasteiger partial charge in [-0.1, -0.05) is 35.0 Å². The Kier molecular flexibility index (Phi) is 5.14. The van der Waals surface area contributed by atoms with E-state index in [0.717, 1.165) is 54.1 Å². The standard InChI is InChI=1S/C25H23N3O3/c1-17-2-4-18(5-3-17)24-22-16-19(6-11-23(22)27-31-24)25(29)26-20-7-9-21(10-8-20)28-12-14-30-15-13-28/h2-11,16H,12-15H2,1H3,(H,26,29). The third-order valence-electron chi connectivity index (χ3n) is 5.55. The van der Waals surface area contributed by atoms with E-state index in [2.05, 4.69) is 15.4 Å². The normalized spacial score (nSPS) is 14.0. The van der Waals surface area contributed by atoms with Gasteiger partial charge in [0.2, 0.25) is 0 Å². The van der Waals surface area contributed by atoms with Gasteiger partial charge < -0.3 is 19.5 Å². The van der Waals surface area contributed by atoms with Crippen LogP contribution in [0.2, 0.25) is 0 Å². The number of hydrogen-bond donors (Lipinski definition) is 1. The van der Waals surface area contributed by atoms with E-state index in [9.17, 15) is 4.79 Å². The van der Waals surface area contributed by atoms with E-state index >= 15 is 0 Å². The molecular weight excluding hydrogens is 390 g/mol. The van der Waals surface area contributed by atoms with Gasteiger partial charge in [-0.3, -0.25) is 4.79 Å². The zero-order valence-electron chi connectivity index (χ0n) is 17.3. The highest BCUT2D eigenvalue weighted by molar-refractivity contribution is 6.07. The van der Waals surface area contributed by atoms with E-state index in [1.165, 1.54) is 5.56 Å². The van der Waals surface area contributed by atoms with Gasteiger partial charge in [-0.15, -0.1) is 0 Å². The number of nitrogens with zero attached hydrogens (tertiary/aromatic N) is 2. The molecule has 0 unspecified atom stereocenters. The fourth-order valence-electron chi connectivity index (χ4n) is 3.78. The number of aryl methyl sites for hydroxylation is 1. The molecule has 1 aliphatic heterocycles. The first-order chi connectivity index (χ1) is 15.2. The fraction of sp³-hybridized carbons (Fsp3) is 0.200. The van der Waals surface area contributed by atoms with Crippen molar-refractivity contribution in [2.75, 3.05) is 36.5 Å². The number of carbonyl (C=O) groups excluding carboxylic acids is 1. The quantitative estimate of drug-likeness (QED) is 0.516. The number of nitrogens with one attached hydrogen (secondary N) is 1. The van der Waals surface area contributed by atoms with Crippen molar-refractivity contribution < 1.29 is 14.1 Å². The summed E-state index contributed by atoms with van der Waals surface area (Å²) >= 11 is 0. The third kappa shape index (κ3) is 4.02. The Bertz CT molecular complexity index is 1210. The van der Waals surface area contributed by atoms with Gasteiger partial charge >= 0.3 is 0 Å². The van der Waals surface area contributed by atoms with Gasteiger partial charge in [0, 0.05) is 35.6 Å². The van der Waals surface area contributed by atoms with Crippen LogP contribution in [0.15, 0.2) is 71.3 Å². The molecule has 0 radical (unpaired) electrons. The van der Waals surface area contributed by atoms with E-state index in [4.69, 9.17) is 9.26 Å². The van der Waals surface area contributed by atoms with Crippen LogP contribution in [-0.4, -0.2) is 37.4 Å². The first kappa shape index (κ1) is 19.3. The first-order valence-corrected chi connectivity index (χ1v) is 10.4. The van der Waals surface area contributed by atoms with Crippen LogP contribution in [0.4, 0.5) is 11.4 Å². The van der Waals surface area contributed by atoms with Crippen molar-refractivity contribution in [3.63, 3.8) is 0 Å². The maximum Gasteiger partial charge on any atom is 0.255 e. The average molecular weight is 413 g/mol. The fourth-order valence-corrected chi connectivity index (χ4v) is 3.78. The van der Waals surface area contributed by atoms with Crippen molar-refractivity contribution in [2.24, 2.45) is 0 Å². The van der Waals surface area contributed by atoms with Gasteiger partial charge in [0.25, 0.3) is 5.91 Å². The van der Waals surface area contributed by atoms with Crippen LogP contribution < -0.4 is 10.2 Å². The summed E-state index contributed by atoms with van der Waals surface area (Å²) in [5.41, 5.74) is 5.28. The molecule has 156 valence electrons. The van der Waals surface area contributed by atoms with Crippen molar-refractivity contribution in [3.05, 3.63) is 77.9 Å². The van der Waals surface area contributed by atoms with Gasteiger partial charge in [-0.2, -0.15) is 0 Å². The Morgan fingerprint density at radius 3 is 2.45 bits per heavy atom. The Morgan fingerprint density at radius 1 is 0.968 bits per heavy atom. The minimum absolute atomic E-state index is 0.169. The van der Waals surface area contributed by atoms with Crippen molar-refractivity contribution in [1.82, 2.24) is 5.16 Å². The molecular formula is C25H23N3O3. The average Bonchev–Trinajstić information content (AvgIpc) is 3.24. The molecule has 1 fully saturated rings. The van der Waals surface area contributed by atoms with Gasteiger partial charge in [-0.25, -0.2) is 0 Å². The summed E-state index contributed by atoms with van der Waals surface area (Å²) in [6, 6.07) is 21.4. The lowest BCUT2D eigenvalue weighted by atomic mass is 10.0. The molecule has 0 aliphatic carbocycles. The van der Waals surface area contributed by atoms with E-state index < -0.39 is 0 Å². The van der Waals surface area contributed by atoms with Crippen molar-refractivity contribution in [1.29, 1.82) is 0 Å². The molecule has 6 heteroatoms. The number of anilines is 2. The number of benzene rings is 3. The summed E-state index contributed by atoms with van der Waals surface area (Å²) < 4.78 is 11.0. The number of morpholine rings is 1. The summed E-state index contributed by atoms with van der Waals surface area (Å²) in [4.78, 5) is 15.1. The first-order valence-electron chi connectivity index (χ1n) is 10.4. The maximum absolute atomic E-state index is 12.9. The molecule has 4 aromatic rings. The highest BCUT2D eigenvalue weighted by atomic mass is 16.5. The molecule has 1 amide bonds. The molecule has 0 bridgehead atoms. The molecule has 1 aromatic heterocycles. The van der Waals surface area contributed by atoms with Gasteiger partial charge in [0.05, 0.1) is 18.6 Å². The minimum atomic E-state index is -0.169. The number of rotatable bonds is 4. The number of carbonyl (C=O) groups is 1.